The van der Waals surface area contributed by atoms with Crippen LogP contribution in [0.1, 0.15) is 38.8 Å². The molecule has 0 spiro atoms. The van der Waals surface area contributed by atoms with Crippen LogP contribution in [0.3, 0.4) is 0 Å². The predicted molar refractivity (Wildman–Crippen MR) is 99.2 cm³/mol. The lowest BCUT2D eigenvalue weighted by Crippen LogP contribution is -1.94. The summed E-state index contributed by atoms with van der Waals surface area (Å²) in [6.45, 7) is 8.88. The predicted octanol–water partition coefficient (Wildman–Crippen LogP) is 6.22. The lowest BCUT2D eigenvalue weighted by molar-refractivity contribution is 0.648. The van der Waals surface area contributed by atoms with Crippen molar-refractivity contribution in [3.63, 3.8) is 0 Å². The Morgan fingerprint density at radius 2 is 1.09 bits per heavy atom. The first-order valence-corrected chi connectivity index (χ1v) is 8.38. The summed E-state index contributed by atoms with van der Waals surface area (Å²) in [5, 5.41) is 0. The first-order chi connectivity index (χ1) is 11.1. The molecule has 0 heterocycles. The normalized spacial score (nSPS) is 10.7. The highest BCUT2D eigenvalue weighted by Gasteiger charge is 2.04. The van der Waals surface area contributed by atoms with Gasteiger partial charge in [0.15, 0.2) is 0 Å². The maximum absolute atomic E-state index is 4.46. The minimum atomic E-state index is 0.607. The third kappa shape index (κ3) is 5.50. The van der Waals surface area contributed by atoms with Gasteiger partial charge in [-0.25, -0.2) is 0 Å². The summed E-state index contributed by atoms with van der Waals surface area (Å²) in [6, 6.07) is 19.4. The van der Waals surface area contributed by atoms with Crippen LogP contribution in [0, 0.1) is 11.8 Å². The summed E-state index contributed by atoms with van der Waals surface area (Å²) in [5.41, 5.74) is 4.43. The SMILES string of the molecule is CC(C)Cc1ccccc1N=C=Nc1ccccc1CC(C)C. The van der Waals surface area contributed by atoms with Crippen molar-refractivity contribution >= 4 is 17.4 Å². The van der Waals surface area contributed by atoms with E-state index in [0.717, 1.165) is 24.2 Å². The van der Waals surface area contributed by atoms with Crippen molar-refractivity contribution in [1.82, 2.24) is 0 Å². The molecule has 23 heavy (non-hydrogen) atoms. The summed E-state index contributed by atoms with van der Waals surface area (Å²) in [4.78, 5) is 8.92. The number of para-hydroxylation sites is 2. The molecule has 0 N–H and O–H groups in total. The molecule has 0 atom stereocenters. The van der Waals surface area contributed by atoms with Gasteiger partial charge in [-0.3, -0.25) is 0 Å². The second kappa shape index (κ2) is 8.45. The third-order valence-corrected chi connectivity index (χ3v) is 3.58. The Balaban J connectivity index is 2.25. The Labute approximate surface area is 140 Å². The summed E-state index contributed by atoms with van der Waals surface area (Å²) in [6.07, 6.45) is 2.04. The Bertz CT molecular complexity index is 635. The van der Waals surface area contributed by atoms with Crippen LogP contribution in [0.5, 0.6) is 0 Å². The molecule has 2 rings (SSSR count). The van der Waals surface area contributed by atoms with E-state index in [9.17, 15) is 0 Å². The van der Waals surface area contributed by atoms with E-state index in [4.69, 9.17) is 0 Å². The highest BCUT2D eigenvalue weighted by molar-refractivity contribution is 5.61. The van der Waals surface area contributed by atoms with Crippen LogP contribution in [-0.4, -0.2) is 6.01 Å². The molecule has 0 unspecified atom stereocenters. The van der Waals surface area contributed by atoms with Gasteiger partial charge in [0.2, 0.25) is 0 Å². The molecule has 0 aliphatic carbocycles. The van der Waals surface area contributed by atoms with E-state index < -0.39 is 0 Å². The van der Waals surface area contributed by atoms with Crippen LogP contribution in [0.4, 0.5) is 11.4 Å². The average molecular weight is 306 g/mol. The fraction of sp³-hybridized carbons (Fsp3) is 0.381. The third-order valence-electron chi connectivity index (χ3n) is 3.58. The Morgan fingerprint density at radius 1 is 0.696 bits per heavy atom. The smallest absolute Gasteiger partial charge is 0.100 e. The number of hydrogen-bond acceptors (Lipinski definition) is 2. The van der Waals surface area contributed by atoms with Gasteiger partial charge in [-0.1, -0.05) is 64.1 Å². The summed E-state index contributed by atoms with van der Waals surface area (Å²) in [7, 11) is 0. The standard InChI is InChI=1S/C21H26N2/c1-16(2)13-18-9-5-7-11-20(18)22-15-23-21-12-8-6-10-19(21)14-17(3)4/h5-12,16-17H,13-14H2,1-4H3. The van der Waals surface area contributed by atoms with E-state index in [1.807, 2.05) is 24.3 Å². The Morgan fingerprint density at radius 3 is 1.48 bits per heavy atom. The van der Waals surface area contributed by atoms with Crippen molar-refractivity contribution in [3.8, 4) is 0 Å². The first kappa shape index (κ1) is 17.2. The van der Waals surface area contributed by atoms with E-state index in [1.54, 1.807) is 0 Å². The van der Waals surface area contributed by atoms with Crippen molar-refractivity contribution in [2.75, 3.05) is 0 Å². The van der Waals surface area contributed by atoms with Crippen LogP contribution >= 0.6 is 0 Å². The minimum absolute atomic E-state index is 0.607. The second-order valence-electron chi connectivity index (χ2n) is 6.78. The highest BCUT2D eigenvalue weighted by atomic mass is 14.8. The molecule has 120 valence electrons. The van der Waals surface area contributed by atoms with Gasteiger partial charge in [0.05, 0.1) is 11.4 Å². The van der Waals surface area contributed by atoms with Crippen LogP contribution in [0.15, 0.2) is 58.5 Å². The van der Waals surface area contributed by atoms with Crippen molar-refractivity contribution in [2.45, 2.75) is 40.5 Å². The van der Waals surface area contributed by atoms with Gasteiger partial charge >= 0.3 is 0 Å². The topological polar surface area (TPSA) is 24.7 Å². The van der Waals surface area contributed by atoms with Crippen LogP contribution in [0.2, 0.25) is 0 Å². The molecule has 0 fully saturated rings. The van der Waals surface area contributed by atoms with Crippen molar-refractivity contribution in [1.29, 1.82) is 0 Å². The minimum Gasteiger partial charge on any atom is -0.187 e. The zero-order chi connectivity index (χ0) is 16.7. The quantitative estimate of drug-likeness (QED) is 0.566. The number of aliphatic imine (C=N–C) groups is 2. The highest BCUT2D eigenvalue weighted by Crippen LogP contribution is 2.23. The number of hydrogen-bond donors (Lipinski definition) is 0. The molecule has 0 aliphatic rings. The number of nitrogens with zero attached hydrogens (tertiary/aromatic N) is 2. The van der Waals surface area contributed by atoms with E-state index in [2.05, 4.69) is 68.0 Å². The van der Waals surface area contributed by atoms with E-state index in [0.29, 0.717) is 11.8 Å². The van der Waals surface area contributed by atoms with Gasteiger partial charge in [0, 0.05) is 0 Å². The number of rotatable bonds is 6. The van der Waals surface area contributed by atoms with Gasteiger partial charge < -0.3 is 0 Å². The van der Waals surface area contributed by atoms with Crippen LogP contribution < -0.4 is 0 Å². The average Bonchev–Trinajstić information content (AvgIpc) is 2.49. The van der Waals surface area contributed by atoms with E-state index in [-0.39, 0.29) is 0 Å². The van der Waals surface area contributed by atoms with Gasteiger partial charge in [-0.05, 0) is 47.9 Å². The largest absolute Gasteiger partial charge is 0.187 e. The molecule has 2 heteroatoms. The molecule has 2 aromatic carbocycles. The van der Waals surface area contributed by atoms with Crippen molar-refractivity contribution in [2.24, 2.45) is 21.8 Å². The first-order valence-electron chi connectivity index (χ1n) is 8.38. The molecule has 0 aromatic heterocycles. The monoisotopic (exact) mass is 306 g/mol. The lowest BCUT2D eigenvalue weighted by Gasteiger charge is -2.07. The molecule has 0 radical (unpaired) electrons. The molecular weight excluding hydrogens is 280 g/mol. The van der Waals surface area contributed by atoms with E-state index in [1.165, 1.54) is 11.1 Å². The molecular formula is C21H26N2. The molecule has 2 nitrogen and oxygen atoms in total. The fourth-order valence-electron chi connectivity index (χ4n) is 2.60. The van der Waals surface area contributed by atoms with Crippen LogP contribution in [0.25, 0.3) is 0 Å². The molecule has 0 aliphatic heterocycles. The van der Waals surface area contributed by atoms with Gasteiger partial charge in [0.1, 0.15) is 6.01 Å². The second-order valence-corrected chi connectivity index (χ2v) is 6.78. The Hall–Kier alpha value is -2.18. The zero-order valence-electron chi connectivity index (χ0n) is 14.6. The van der Waals surface area contributed by atoms with Crippen molar-refractivity contribution in [3.05, 3.63) is 59.7 Å². The maximum Gasteiger partial charge on any atom is 0.100 e. The molecule has 2 aromatic rings. The van der Waals surface area contributed by atoms with E-state index >= 15 is 0 Å². The summed E-state index contributed by atoms with van der Waals surface area (Å²) < 4.78 is 0. The van der Waals surface area contributed by atoms with Gasteiger partial charge in [0.25, 0.3) is 0 Å². The van der Waals surface area contributed by atoms with Crippen molar-refractivity contribution < 1.29 is 0 Å². The van der Waals surface area contributed by atoms with Gasteiger partial charge in [-0.2, -0.15) is 9.98 Å². The number of benzene rings is 2. The zero-order valence-corrected chi connectivity index (χ0v) is 14.6. The fourth-order valence-corrected chi connectivity index (χ4v) is 2.60. The molecule has 0 amide bonds. The maximum atomic E-state index is 4.46. The van der Waals surface area contributed by atoms with Gasteiger partial charge in [-0.15, -0.1) is 0 Å². The van der Waals surface area contributed by atoms with Crippen LogP contribution in [-0.2, 0) is 12.8 Å². The molecule has 0 saturated carbocycles. The molecule has 0 saturated heterocycles. The lowest BCUT2D eigenvalue weighted by atomic mass is 10.0. The summed E-state index contributed by atoms with van der Waals surface area (Å²) >= 11 is 0. The Kier molecular flexibility index (Phi) is 6.31. The summed E-state index contributed by atoms with van der Waals surface area (Å²) in [5.74, 6) is 1.21. The molecule has 0 bridgehead atoms.